The number of allylic oxidation sites excluding steroid dienone is 4. The summed E-state index contributed by atoms with van der Waals surface area (Å²) in [4.78, 5) is 0. The number of nitrogens with zero attached hydrogens (tertiary/aromatic N) is 1. The minimum atomic E-state index is -0.705. The molecule has 0 radical (unpaired) electrons. The van der Waals surface area contributed by atoms with Crippen molar-refractivity contribution in [1.29, 1.82) is 5.26 Å². The Morgan fingerprint density at radius 3 is 2.16 bits per heavy atom. The summed E-state index contributed by atoms with van der Waals surface area (Å²) in [6, 6.07) is 11.0. The summed E-state index contributed by atoms with van der Waals surface area (Å²) in [7, 11) is 0. The highest BCUT2D eigenvalue weighted by Crippen LogP contribution is 2.40. The highest BCUT2D eigenvalue weighted by molar-refractivity contribution is 5.26. The van der Waals surface area contributed by atoms with Gasteiger partial charge in [0.15, 0.2) is 5.83 Å². The van der Waals surface area contributed by atoms with Crippen molar-refractivity contribution < 1.29 is 4.39 Å². The highest BCUT2D eigenvalue weighted by atomic mass is 19.1. The van der Waals surface area contributed by atoms with Gasteiger partial charge in [0.05, 0.1) is 0 Å². The molecular weight excluding hydrogens is 381 g/mol. The lowest BCUT2D eigenvalue weighted by atomic mass is 9.74. The van der Waals surface area contributed by atoms with Crippen LogP contribution in [0.5, 0.6) is 0 Å². The zero-order chi connectivity index (χ0) is 21.9. The zero-order valence-corrected chi connectivity index (χ0v) is 19.4. The standard InChI is InChI=1S/C29H40FN/c1-2-3-5-23-14-18-27(19-15-23)28-20-16-26(17-21-28)13-12-25-10-8-24(9-11-25)6-4-7-29(30)22-31/h4,6-7,14-15,18-19,24-26,28H,2-3,5,8-13,16-17,20-21H2,1H3. The fourth-order valence-corrected chi connectivity index (χ4v) is 5.60. The number of aryl methyl sites for hydroxylation is 1. The first-order valence-electron chi connectivity index (χ1n) is 12.7. The van der Waals surface area contributed by atoms with Crippen molar-refractivity contribution in [2.24, 2.45) is 17.8 Å². The van der Waals surface area contributed by atoms with Crippen molar-refractivity contribution >= 4 is 0 Å². The lowest BCUT2D eigenvalue weighted by molar-refractivity contribution is 0.246. The van der Waals surface area contributed by atoms with Gasteiger partial charge in [-0.05, 0) is 105 Å². The summed E-state index contributed by atoms with van der Waals surface area (Å²) < 4.78 is 12.9. The van der Waals surface area contributed by atoms with Crippen molar-refractivity contribution in [1.82, 2.24) is 0 Å². The van der Waals surface area contributed by atoms with Gasteiger partial charge in [-0.3, -0.25) is 0 Å². The van der Waals surface area contributed by atoms with E-state index in [4.69, 9.17) is 5.26 Å². The molecule has 2 fully saturated rings. The second kappa shape index (κ2) is 12.8. The molecule has 0 aromatic heterocycles. The van der Waals surface area contributed by atoms with E-state index in [0.717, 1.165) is 17.8 Å². The molecular formula is C29H40FN. The zero-order valence-electron chi connectivity index (χ0n) is 19.4. The quantitative estimate of drug-likeness (QED) is 0.288. The molecule has 1 aromatic rings. The van der Waals surface area contributed by atoms with Crippen LogP contribution >= 0.6 is 0 Å². The maximum absolute atomic E-state index is 12.9. The molecule has 2 aliphatic carbocycles. The Balaban J connectivity index is 1.32. The van der Waals surface area contributed by atoms with Crippen molar-refractivity contribution in [3.05, 3.63) is 59.4 Å². The molecule has 0 saturated heterocycles. The Morgan fingerprint density at radius 2 is 1.58 bits per heavy atom. The third-order valence-electron chi connectivity index (χ3n) is 7.72. The summed E-state index contributed by atoms with van der Waals surface area (Å²) in [6.45, 7) is 2.26. The first-order chi connectivity index (χ1) is 15.2. The second-order valence-electron chi connectivity index (χ2n) is 9.93. The van der Waals surface area contributed by atoms with Gasteiger partial charge in [-0.2, -0.15) is 9.65 Å². The highest BCUT2D eigenvalue weighted by Gasteiger charge is 2.24. The molecule has 2 aliphatic rings. The van der Waals surface area contributed by atoms with Crippen LogP contribution in [0.15, 0.2) is 48.3 Å². The van der Waals surface area contributed by atoms with E-state index in [1.807, 2.05) is 0 Å². The van der Waals surface area contributed by atoms with Gasteiger partial charge >= 0.3 is 0 Å². The summed E-state index contributed by atoms with van der Waals surface area (Å²) in [6.07, 6.45) is 22.2. The van der Waals surface area contributed by atoms with Crippen molar-refractivity contribution in [2.75, 3.05) is 0 Å². The molecule has 0 unspecified atom stereocenters. The molecule has 168 valence electrons. The third kappa shape index (κ3) is 7.95. The van der Waals surface area contributed by atoms with Crippen LogP contribution in [0.3, 0.4) is 0 Å². The first kappa shape index (κ1) is 23.8. The van der Waals surface area contributed by atoms with Crippen LogP contribution in [-0.2, 0) is 6.42 Å². The van der Waals surface area contributed by atoms with Crippen LogP contribution in [0.25, 0.3) is 0 Å². The molecule has 0 atom stereocenters. The molecule has 0 amide bonds. The van der Waals surface area contributed by atoms with Gasteiger partial charge in [0.25, 0.3) is 0 Å². The number of halogens is 1. The summed E-state index contributed by atoms with van der Waals surface area (Å²) >= 11 is 0. The largest absolute Gasteiger partial charge is 0.199 e. The number of benzene rings is 1. The Kier molecular flexibility index (Phi) is 9.85. The summed E-state index contributed by atoms with van der Waals surface area (Å²) in [5.41, 5.74) is 3.06. The third-order valence-corrected chi connectivity index (χ3v) is 7.72. The van der Waals surface area contributed by atoms with Crippen molar-refractivity contribution in [3.63, 3.8) is 0 Å². The second-order valence-corrected chi connectivity index (χ2v) is 9.93. The minimum absolute atomic E-state index is 0.558. The average molecular weight is 422 g/mol. The maximum Gasteiger partial charge on any atom is 0.199 e. The van der Waals surface area contributed by atoms with E-state index in [1.165, 1.54) is 101 Å². The van der Waals surface area contributed by atoms with E-state index in [9.17, 15) is 4.39 Å². The Bertz CT molecular complexity index is 738. The average Bonchev–Trinajstić information content (AvgIpc) is 2.83. The minimum Gasteiger partial charge on any atom is -0.195 e. The molecule has 3 rings (SSSR count). The van der Waals surface area contributed by atoms with Crippen LogP contribution < -0.4 is 0 Å². The normalized spacial score (nSPS) is 27.3. The van der Waals surface area contributed by atoms with Gasteiger partial charge in [-0.15, -0.1) is 0 Å². The fourth-order valence-electron chi connectivity index (χ4n) is 5.60. The van der Waals surface area contributed by atoms with Gasteiger partial charge in [0.1, 0.15) is 6.07 Å². The van der Waals surface area contributed by atoms with E-state index in [2.05, 4.69) is 37.3 Å². The molecule has 2 saturated carbocycles. The fraction of sp³-hybridized carbons (Fsp3) is 0.621. The Hall–Kier alpha value is -1.88. The number of nitriles is 1. The molecule has 0 spiro atoms. The number of unbranched alkanes of at least 4 members (excludes halogenated alkanes) is 1. The predicted octanol–water partition coefficient (Wildman–Crippen LogP) is 8.82. The maximum atomic E-state index is 12.9. The molecule has 0 heterocycles. The van der Waals surface area contributed by atoms with Crippen LogP contribution in [-0.4, -0.2) is 0 Å². The number of rotatable bonds is 9. The summed E-state index contributed by atoms with van der Waals surface area (Å²) in [5.74, 6) is 2.44. The molecule has 1 nitrogen and oxygen atoms in total. The van der Waals surface area contributed by atoms with Gasteiger partial charge in [-0.1, -0.05) is 62.6 Å². The van der Waals surface area contributed by atoms with Gasteiger partial charge in [0, 0.05) is 0 Å². The van der Waals surface area contributed by atoms with Crippen molar-refractivity contribution in [2.45, 2.75) is 96.3 Å². The number of hydrogen-bond donors (Lipinski definition) is 0. The van der Waals surface area contributed by atoms with Gasteiger partial charge < -0.3 is 0 Å². The van der Waals surface area contributed by atoms with Crippen LogP contribution in [0.1, 0.15) is 101 Å². The number of hydrogen-bond acceptors (Lipinski definition) is 1. The van der Waals surface area contributed by atoms with Crippen LogP contribution in [0.2, 0.25) is 0 Å². The molecule has 31 heavy (non-hydrogen) atoms. The first-order valence-corrected chi connectivity index (χ1v) is 12.7. The van der Waals surface area contributed by atoms with Crippen molar-refractivity contribution in [3.8, 4) is 6.07 Å². The lowest BCUT2D eigenvalue weighted by Crippen LogP contribution is -2.17. The molecule has 0 bridgehead atoms. The Labute approximate surface area is 189 Å². The van der Waals surface area contributed by atoms with E-state index in [1.54, 1.807) is 11.6 Å². The lowest BCUT2D eigenvalue weighted by Gasteiger charge is -2.31. The van der Waals surface area contributed by atoms with E-state index >= 15 is 0 Å². The SMILES string of the molecule is CCCCc1ccc(C2CCC(CCC3CCC(C=CC=C(F)C#N)CC3)CC2)cc1. The topological polar surface area (TPSA) is 23.8 Å². The van der Waals surface area contributed by atoms with Gasteiger partial charge in [-0.25, -0.2) is 0 Å². The predicted molar refractivity (Wildman–Crippen MR) is 128 cm³/mol. The Morgan fingerprint density at radius 1 is 0.968 bits per heavy atom. The van der Waals surface area contributed by atoms with Crippen LogP contribution in [0.4, 0.5) is 4.39 Å². The van der Waals surface area contributed by atoms with E-state index < -0.39 is 5.83 Å². The van der Waals surface area contributed by atoms with Gasteiger partial charge in [0.2, 0.25) is 0 Å². The molecule has 2 heteroatoms. The molecule has 0 aliphatic heterocycles. The van der Waals surface area contributed by atoms with Crippen LogP contribution in [0, 0.1) is 29.1 Å². The monoisotopic (exact) mass is 421 g/mol. The molecule has 0 N–H and O–H groups in total. The molecule has 1 aromatic carbocycles. The van der Waals surface area contributed by atoms with E-state index in [0.29, 0.717) is 5.92 Å². The smallest absolute Gasteiger partial charge is 0.195 e. The van der Waals surface area contributed by atoms with E-state index in [-0.39, 0.29) is 0 Å². The summed E-state index contributed by atoms with van der Waals surface area (Å²) in [5, 5.41) is 8.45.